The van der Waals surface area contributed by atoms with Crippen LogP contribution in [0.4, 0.5) is 5.69 Å². The zero-order chi connectivity index (χ0) is 25.2. The number of rotatable bonds is 7. The number of nitro benzene ring substituents is 1. The third-order valence-electron chi connectivity index (χ3n) is 4.69. The number of fused-ring (bicyclic) bond motifs is 3. The van der Waals surface area contributed by atoms with Gasteiger partial charge in [0.25, 0.3) is 5.69 Å². The van der Waals surface area contributed by atoms with Gasteiger partial charge in [0.15, 0.2) is 0 Å². The fourth-order valence-electron chi connectivity index (χ4n) is 3.16. The van der Waals surface area contributed by atoms with E-state index >= 15 is 0 Å². The molecule has 12 nitrogen and oxygen atoms in total. The highest BCUT2D eigenvalue weighted by Gasteiger charge is 2.23. The van der Waals surface area contributed by atoms with Crippen molar-refractivity contribution >= 4 is 62.4 Å². The van der Waals surface area contributed by atoms with E-state index in [1.807, 2.05) is 0 Å². The van der Waals surface area contributed by atoms with Crippen molar-refractivity contribution in [2.24, 2.45) is 10.3 Å². The number of nitro groups is 1. The van der Waals surface area contributed by atoms with E-state index in [-0.39, 0.29) is 33.8 Å². The average molecular weight is 466 g/mol. The van der Waals surface area contributed by atoms with Crippen LogP contribution in [0.1, 0.15) is 48.4 Å². The van der Waals surface area contributed by atoms with Crippen molar-refractivity contribution < 1.29 is 33.8 Å². The molecule has 0 aliphatic heterocycles. The van der Waals surface area contributed by atoms with Crippen LogP contribution in [-0.4, -0.2) is 44.8 Å². The van der Waals surface area contributed by atoms with Crippen LogP contribution in [-0.2, 0) is 19.3 Å². The molecule has 0 saturated heterocycles. The highest BCUT2D eigenvalue weighted by molar-refractivity contribution is 6.46. The summed E-state index contributed by atoms with van der Waals surface area (Å²) >= 11 is 0. The Morgan fingerprint density at radius 2 is 1.35 bits per heavy atom. The van der Waals surface area contributed by atoms with E-state index in [4.69, 9.17) is 0 Å². The van der Waals surface area contributed by atoms with Crippen molar-refractivity contribution in [3.05, 3.63) is 51.6 Å². The second-order valence-corrected chi connectivity index (χ2v) is 7.24. The lowest BCUT2D eigenvalue weighted by molar-refractivity contribution is -0.383. The number of benzene rings is 2. The number of aromatic amines is 1. The van der Waals surface area contributed by atoms with E-state index in [2.05, 4.69) is 25.0 Å². The molecular weight excluding hydrogens is 448 g/mol. The first kappa shape index (κ1) is 23.9. The van der Waals surface area contributed by atoms with Crippen molar-refractivity contribution in [1.29, 1.82) is 0 Å². The van der Waals surface area contributed by atoms with Crippen molar-refractivity contribution in [2.45, 2.75) is 27.7 Å². The first-order valence-corrected chi connectivity index (χ1v) is 9.77. The van der Waals surface area contributed by atoms with Gasteiger partial charge in [-0.05, 0) is 38.1 Å². The molecule has 0 bridgehead atoms. The number of carbonyl (C=O) groups is 4. The largest absolute Gasteiger partial charge is 0.349 e. The summed E-state index contributed by atoms with van der Waals surface area (Å²) in [6, 6.07) is 7.04. The van der Waals surface area contributed by atoms with E-state index in [0.717, 1.165) is 19.9 Å². The van der Waals surface area contributed by atoms with Gasteiger partial charge in [0.2, 0.25) is 11.6 Å². The Morgan fingerprint density at radius 3 is 1.88 bits per heavy atom. The summed E-state index contributed by atoms with van der Waals surface area (Å²) in [5, 5.41) is 19.4. The second kappa shape index (κ2) is 9.40. The van der Waals surface area contributed by atoms with E-state index < -0.39 is 28.4 Å². The molecule has 12 heteroatoms. The maximum atomic E-state index is 12.8. The van der Waals surface area contributed by atoms with E-state index in [1.54, 1.807) is 6.07 Å². The summed E-state index contributed by atoms with van der Waals surface area (Å²) in [4.78, 5) is 70.3. The number of hydrogen-bond acceptors (Lipinski definition) is 10. The van der Waals surface area contributed by atoms with Crippen molar-refractivity contribution in [1.82, 2.24) is 4.98 Å². The summed E-state index contributed by atoms with van der Waals surface area (Å²) in [5.74, 6) is -2.62. The Hall–Kier alpha value is -4.74. The van der Waals surface area contributed by atoms with Gasteiger partial charge in [-0.1, -0.05) is 10.3 Å². The number of carbonyl (C=O) groups excluding carboxylic acids is 4. The number of aromatic nitrogens is 1. The number of ketones is 2. The van der Waals surface area contributed by atoms with Gasteiger partial charge in [-0.2, -0.15) is 0 Å². The molecule has 1 heterocycles. The smallest absolute Gasteiger partial charge is 0.331 e. The molecule has 0 unspecified atom stereocenters. The summed E-state index contributed by atoms with van der Waals surface area (Å²) in [6.45, 7) is 4.93. The van der Waals surface area contributed by atoms with Crippen LogP contribution in [0.15, 0.2) is 40.6 Å². The van der Waals surface area contributed by atoms with Crippen LogP contribution in [0.2, 0.25) is 0 Å². The molecule has 3 aromatic rings. The molecule has 1 aromatic heterocycles. The minimum absolute atomic E-state index is 0.0576. The molecule has 2 aromatic carbocycles. The molecule has 34 heavy (non-hydrogen) atoms. The minimum Gasteiger partial charge on any atom is -0.349 e. The predicted octanol–water partition coefficient (Wildman–Crippen LogP) is 3.47. The summed E-state index contributed by atoms with van der Waals surface area (Å²) in [6.07, 6.45) is 0. The molecule has 0 spiro atoms. The van der Waals surface area contributed by atoms with Crippen LogP contribution in [0, 0.1) is 10.1 Å². The SMILES string of the molecule is CC(=O)O/N=C(\C)C(=O)c1ccc2[nH]c3c([N+](=O)[O-])cc(C(=O)/C(C)=N/OC(C)=O)cc3c2c1. The maximum Gasteiger partial charge on any atom is 0.331 e. The number of non-ortho nitro benzene ring substituents is 1. The summed E-state index contributed by atoms with van der Waals surface area (Å²) in [5.41, 5.74) is 0.148. The van der Waals surface area contributed by atoms with Crippen LogP contribution in [0.3, 0.4) is 0 Å². The van der Waals surface area contributed by atoms with E-state index in [0.29, 0.717) is 16.3 Å². The van der Waals surface area contributed by atoms with Crippen molar-refractivity contribution in [2.75, 3.05) is 0 Å². The number of nitrogens with one attached hydrogen (secondary N) is 1. The van der Waals surface area contributed by atoms with Crippen LogP contribution in [0.25, 0.3) is 21.8 Å². The van der Waals surface area contributed by atoms with Gasteiger partial charge in [0.1, 0.15) is 16.9 Å². The number of hydrogen-bond donors (Lipinski definition) is 1. The zero-order valence-corrected chi connectivity index (χ0v) is 18.5. The molecule has 0 aliphatic carbocycles. The van der Waals surface area contributed by atoms with Gasteiger partial charge in [-0.3, -0.25) is 19.7 Å². The quantitative estimate of drug-likeness (QED) is 0.181. The van der Waals surface area contributed by atoms with Gasteiger partial charge >= 0.3 is 11.9 Å². The topological polar surface area (TPSA) is 170 Å². The van der Waals surface area contributed by atoms with Crippen LogP contribution < -0.4 is 0 Å². The van der Waals surface area contributed by atoms with Gasteiger partial charge in [0.05, 0.1) is 4.92 Å². The fraction of sp³-hybridized carbons (Fsp3) is 0.182. The molecule has 0 radical (unpaired) electrons. The first-order valence-electron chi connectivity index (χ1n) is 9.77. The first-order chi connectivity index (χ1) is 16.0. The molecular formula is C22H18N4O8. The Bertz CT molecular complexity index is 1450. The van der Waals surface area contributed by atoms with Gasteiger partial charge < -0.3 is 14.7 Å². The van der Waals surface area contributed by atoms with Gasteiger partial charge in [0, 0.05) is 47.3 Å². The standard InChI is InChI=1S/C22H18N4O8/c1-10(24-33-12(3)27)21(29)14-5-6-18-16(7-14)17-8-15(9-19(26(31)32)20(17)23-18)22(30)11(2)25-34-13(4)28/h5-9,23H,1-4H3/b24-10+,25-11+. The normalized spacial score (nSPS) is 12.0. The highest BCUT2D eigenvalue weighted by atomic mass is 16.7. The lowest BCUT2D eigenvalue weighted by atomic mass is 10.0. The highest BCUT2D eigenvalue weighted by Crippen LogP contribution is 2.34. The lowest BCUT2D eigenvalue weighted by Crippen LogP contribution is -2.12. The molecule has 0 saturated carbocycles. The molecule has 0 amide bonds. The fourth-order valence-corrected chi connectivity index (χ4v) is 3.16. The van der Waals surface area contributed by atoms with Gasteiger partial charge in [-0.15, -0.1) is 0 Å². The number of oxime groups is 2. The van der Waals surface area contributed by atoms with Crippen molar-refractivity contribution in [3.63, 3.8) is 0 Å². The van der Waals surface area contributed by atoms with Crippen LogP contribution >= 0.6 is 0 Å². The Labute approximate surface area is 191 Å². The molecule has 0 aliphatic rings. The molecule has 1 N–H and O–H groups in total. The third-order valence-corrected chi connectivity index (χ3v) is 4.69. The number of H-pyrrole nitrogens is 1. The lowest BCUT2D eigenvalue weighted by Gasteiger charge is -2.03. The Kier molecular flexibility index (Phi) is 6.61. The third kappa shape index (κ3) is 4.85. The maximum absolute atomic E-state index is 12.8. The van der Waals surface area contributed by atoms with E-state index in [1.165, 1.54) is 32.0 Å². The molecule has 174 valence electrons. The van der Waals surface area contributed by atoms with E-state index in [9.17, 15) is 29.3 Å². The molecule has 0 fully saturated rings. The van der Waals surface area contributed by atoms with Gasteiger partial charge in [-0.25, -0.2) is 9.59 Å². The summed E-state index contributed by atoms with van der Waals surface area (Å²) in [7, 11) is 0. The predicted molar refractivity (Wildman–Crippen MR) is 121 cm³/mol. The molecule has 0 atom stereocenters. The summed E-state index contributed by atoms with van der Waals surface area (Å²) < 4.78 is 0. The Morgan fingerprint density at radius 1 is 0.824 bits per heavy atom. The Balaban J connectivity index is 2.17. The number of nitrogens with zero attached hydrogens (tertiary/aromatic N) is 3. The molecule has 3 rings (SSSR count). The average Bonchev–Trinajstić information content (AvgIpc) is 3.16. The van der Waals surface area contributed by atoms with Crippen molar-refractivity contribution in [3.8, 4) is 0 Å². The number of Topliss-reactive ketones (excluding diaryl/α,β-unsaturated/α-hetero) is 2. The van der Waals surface area contributed by atoms with Crippen LogP contribution in [0.5, 0.6) is 0 Å². The second-order valence-electron chi connectivity index (χ2n) is 7.24. The minimum atomic E-state index is -0.727. The zero-order valence-electron chi connectivity index (χ0n) is 18.5. The monoisotopic (exact) mass is 466 g/mol.